The second-order valence-electron chi connectivity index (χ2n) is 9.61. The fourth-order valence-corrected chi connectivity index (χ4v) is 5.47. The van der Waals surface area contributed by atoms with Gasteiger partial charge in [0.25, 0.3) is 0 Å². The van der Waals surface area contributed by atoms with Crippen LogP contribution in [0.15, 0.2) is 24.4 Å². The van der Waals surface area contributed by atoms with Crippen molar-refractivity contribution in [1.82, 2.24) is 19.8 Å². The molecule has 1 aromatic carbocycles. The lowest BCUT2D eigenvalue weighted by Gasteiger charge is -2.43. The Bertz CT molecular complexity index is 1130. The van der Waals surface area contributed by atoms with Crippen LogP contribution in [0.2, 0.25) is 5.02 Å². The third-order valence-corrected chi connectivity index (χ3v) is 8.02. The van der Waals surface area contributed by atoms with Gasteiger partial charge in [-0.25, -0.2) is 9.97 Å². The van der Waals surface area contributed by atoms with E-state index in [1.54, 1.807) is 32.4 Å². The number of carbonyl (C=O) groups is 1. The molecule has 2 aromatic rings. The minimum Gasteiger partial charge on any atom is -0.493 e. The standard InChI is InChI=1S/C27H34ClN5O3/c1-35-23-8-6-19(25(28)26(23)36-2)7-9-24(34)32-12-10-20-18-29-27(30-22(20)11-13-32)33-16-14-31(15-17-33)21-4-3-5-21/h6-9,18,21H,3-5,10-17H2,1-2H3. The predicted octanol–water partition coefficient (Wildman–Crippen LogP) is 3.46. The first-order valence-corrected chi connectivity index (χ1v) is 13.2. The van der Waals surface area contributed by atoms with Crippen LogP contribution in [0.3, 0.4) is 0 Å². The largest absolute Gasteiger partial charge is 0.493 e. The van der Waals surface area contributed by atoms with Crippen LogP contribution in [0.5, 0.6) is 11.5 Å². The molecule has 1 saturated heterocycles. The van der Waals surface area contributed by atoms with Crippen molar-refractivity contribution in [1.29, 1.82) is 0 Å². The SMILES string of the molecule is COc1ccc(C=CC(=O)N2CCc3cnc(N4CCN(C5CCC5)CC4)nc3CC2)c(Cl)c1OC. The molecule has 0 unspecified atom stereocenters. The molecule has 0 radical (unpaired) electrons. The summed E-state index contributed by atoms with van der Waals surface area (Å²) in [5.74, 6) is 1.79. The van der Waals surface area contributed by atoms with Crippen molar-refractivity contribution < 1.29 is 14.3 Å². The minimum absolute atomic E-state index is 0.0473. The molecule has 2 fully saturated rings. The summed E-state index contributed by atoms with van der Waals surface area (Å²) in [6.07, 6.45) is 10.8. The third-order valence-electron chi connectivity index (χ3n) is 7.63. The molecule has 5 rings (SSSR count). The number of hydrogen-bond acceptors (Lipinski definition) is 7. The maximum absolute atomic E-state index is 13.0. The van der Waals surface area contributed by atoms with E-state index in [2.05, 4.69) is 14.8 Å². The molecule has 3 aliphatic rings. The highest BCUT2D eigenvalue weighted by molar-refractivity contribution is 6.33. The first-order valence-electron chi connectivity index (χ1n) is 12.8. The fraction of sp³-hybridized carbons (Fsp3) is 0.519. The van der Waals surface area contributed by atoms with Gasteiger partial charge >= 0.3 is 0 Å². The Morgan fingerprint density at radius 1 is 1.06 bits per heavy atom. The zero-order chi connectivity index (χ0) is 25.1. The van der Waals surface area contributed by atoms with Crippen LogP contribution < -0.4 is 14.4 Å². The Kier molecular flexibility index (Phi) is 7.62. The van der Waals surface area contributed by atoms with Crippen LogP contribution in [-0.4, -0.2) is 85.2 Å². The predicted molar refractivity (Wildman–Crippen MR) is 141 cm³/mol. The molecule has 1 saturated carbocycles. The summed E-state index contributed by atoms with van der Waals surface area (Å²) in [6.45, 7) is 5.39. The van der Waals surface area contributed by atoms with Crippen molar-refractivity contribution in [3.63, 3.8) is 0 Å². The van der Waals surface area contributed by atoms with Gasteiger partial charge in [-0.3, -0.25) is 9.69 Å². The summed E-state index contributed by atoms with van der Waals surface area (Å²) in [6, 6.07) is 4.39. The van der Waals surface area contributed by atoms with Crippen LogP contribution in [0.4, 0.5) is 5.95 Å². The number of halogens is 1. The molecule has 3 heterocycles. The highest BCUT2D eigenvalue weighted by Crippen LogP contribution is 2.37. The lowest BCUT2D eigenvalue weighted by molar-refractivity contribution is -0.125. The molecular formula is C27H34ClN5O3. The smallest absolute Gasteiger partial charge is 0.246 e. The van der Waals surface area contributed by atoms with Crippen LogP contribution in [0.1, 0.15) is 36.1 Å². The first kappa shape index (κ1) is 24.8. The Balaban J connectivity index is 1.20. The van der Waals surface area contributed by atoms with Gasteiger partial charge in [-0.05, 0) is 48.6 Å². The number of nitrogens with zero attached hydrogens (tertiary/aromatic N) is 5. The van der Waals surface area contributed by atoms with Crippen molar-refractivity contribution in [3.8, 4) is 11.5 Å². The zero-order valence-electron chi connectivity index (χ0n) is 21.1. The quantitative estimate of drug-likeness (QED) is 0.550. The molecule has 1 aromatic heterocycles. The summed E-state index contributed by atoms with van der Waals surface area (Å²) in [4.78, 5) is 29.4. The minimum atomic E-state index is -0.0473. The van der Waals surface area contributed by atoms with Gasteiger partial charge in [-0.2, -0.15) is 0 Å². The van der Waals surface area contributed by atoms with Gasteiger partial charge in [0.15, 0.2) is 11.5 Å². The molecule has 2 aliphatic heterocycles. The van der Waals surface area contributed by atoms with Gasteiger partial charge in [0.05, 0.1) is 24.9 Å². The molecule has 0 atom stereocenters. The van der Waals surface area contributed by atoms with E-state index in [-0.39, 0.29) is 5.91 Å². The average molecular weight is 512 g/mol. The first-order chi connectivity index (χ1) is 17.6. The van der Waals surface area contributed by atoms with E-state index in [0.29, 0.717) is 35.2 Å². The molecule has 192 valence electrons. The van der Waals surface area contributed by atoms with E-state index >= 15 is 0 Å². The summed E-state index contributed by atoms with van der Waals surface area (Å²) < 4.78 is 10.6. The second-order valence-corrected chi connectivity index (χ2v) is 9.99. The fourth-order valence-electron chi connectivity index (χ4n) is 5.18. The molecule has 36 heavy (non-hydrogen) atoms. The number of anilines is 1. The monoisotopic (exact) mass is 511 g/mol. The summed E-state index contributed by atoms with van der Waals surface area (Å²) >= 11 is 6.46. The Labute approximate surface area is 217 Å². The number of ether oxygens (including phenoxy) is 2. The Morgan fingerprint density at radius 3 is 2.53 bits per heavy atom. The van der Waals surface area contributed by atoms with Gasteiger partial charge in [0, 0.05) is 64.0 Å². The van der Waals surface area contributed by atoms with Crippen LogP contribution >= 0.6 is 11.6 Å². The van der Waals surface area contributed by atoms with Crippen molar-refractivity contribution in [2.24, 2.45) is 0 Å². The third kappa shape index (κ3) is 5.15. The second kappa shape index (κ2) is 11.0. The Hall–Kier alpha value is -2.84. The van der Waals surface area contributed by atoms with E-state index in [1.165, 1.54) is 19.3 Å². The van der Waals surface area contributed by atoms with E-state index in [1.807, 2.05) is 17.2 Å². The van der Waals surface area contributed by atoms with Crippen molar-refractivity contribution in [2.45, 2.75) is 38.1 Å². The van der Waals surface area contributed by atoms with Crippen LogP contribution in [0.25, 0.3) is 6.08 Å². The van der Waals surface area contributed by atoms with E-state index in [9.17, 15) is 4.79 Å². The molecule has 0 bridgehead atoms. The number of aromatic nitrogens is 2. The highest BCUT2D eigenvalue weighted by Gasteiger charge is 2.29. The highest BCUT2D eigenvalue weighted by atomic mass is 35.5. The van der Waals surface area contributed by atoms with Gasteiger partial charge in [-0.15, -0.1) is 0 Å². The van der Waals surface area contributed by atoms with Gasteiger partial charge in [0.2, 0.25) is 11.9 Å². The lowest BCUT2D eigenvalue weighted by atomic mass is 9.91. The Morgan fingerprint density at radius 2 is 1.83 bits per heavy atom. The van der Waals surface area contributed by atoms with E-state index in [0.717, 1.165) is 62.3 Å². The summed E-state index contributed by atoms with van der Waals surface area (Å²) in [5.41, 5.74) is 2.89. The molecule has 8 nitrogen and oxygen atoms in total. The van der Waals surface area contributed by atoms with Crippen molar-refractivity contribution >= 4 is 29.5 Å². The number of hydrogen-bond donors (Lipinski definition) is 0. The molecule has 0 N–H and O–H groups in total. The molecule has 0 spiro atoms. The van der Waals surface area contributed by atoms with Crippen LogP contribution in [0, 0.1) is 0 Å². The van der Waals surface area contributed by atoms with E-state index in [4.69, 9.17) is 26.1 Å². The number of amides is 1. The van der Waals surface area contributed by atoms with Crippen molar-refractivity contribution in [3.05, 3.63) is 46.2 Å². The van der Waals surface area contributed by atoms with Crippen LogP contribution in [-0.2, 0) is 17.6 Å². The molecule has 1 aliphatic carbocycles. The number of carbonyl (C=O) groups excluding carboxylic acids is 1. The van der Waals surface area contributed by atoms with Gasteiger partial charge in [-0.1, -0.05) is 18.0 Å². The topological polar surface area (TPSA) is 71.0 Å². The van der Waals surface area contributed by atoms with E-state index < -0.39 is 0 Å². The number of benzene rings is 1. The molecule has 1 amide bonds. The normalized spacial score (nSPS) is 19.1. The van der Waals surface area contributed by atoms with Gasteiger partial charge in [0.1, 0.15) is 0 Å². The number of piperazine rings is 1. The molecule has 9 heteroatoms. The number of fused-ring (bicyclic) bond motifs is 1. The summed E-state index contributed by atoms with van der Waals surface area (Å²) in [7, 11) is 3.11. The average Bonchev–Trinajstić information content (AvgIpc) is 3.09. The lowest BCUT2D eigenvalue weighted by Crippen LogP contribution is -2.52. The number of rotatable bonds is 6. The zero-order valence-corrected chi connectivity index (χ0v) is 21.8. The van der Waals surface area contributed by atoms with Gasteiger partial charge < -0.3 is 19.3 Å². The number of methoxy groups -OCH3 is 2. The molecular weight excluding hydrogens is 478 g/mol. The maximum Gasteiger partial charge on any atom is 0.246 e. The van der Waals surface area contributed by atoms with Crippen molar-refractivity contribution in [2.75, 3.05) is 58.4 Å². The maximum atomic E-state index is 13.0. The summed E-state index contributed by atoms with van der Waals surface area (Å²) in [5, 5.41) is 0.417.